The molecule has 3 nitrogen and oxygen atoms in total. The SMILES string of the molecule is CC(OC=C1CCCC1)C1CS1(=O)=O. The highest BCUT2D eigenvalue weighted by Gasteiger charge is 2.48. The molecule has 2 unspecified atom stereocenters. The zero-order chi connectivity index (χ0) is 10.2. The van der Waals surface area contributed by atoms with Crippen molar-refractivity contribution in [3.63, 3.8) is 0 Å². The molecule has 4 heteroatoms. The molecule has 2 atom stereocenters. The Bertz CT molecular complexity index is 334. The van der Waals surface area contributed by atoms with Crippen LogP contribution in [-0.4, -0.2) is 25.5 Å². The summed E-state index contributed by atoms with van der Waals surface area (Å²) in [5, 5.41) is -0.249. The Morgan fingerprint density at radius 1 is 1.43 bits per heavy atom. The van der Waals surface area contributed by atoms with Crippen molar-refractivity contribution >= 4 is 9.84 Å². The van der Waals surface area contributed by atoms with E-state index in [1.54, 1.807) is 6.26 Å². The van der Waals surface area contributed by atoms with Gasteiger partial charge in [0.2, 0.25) is 0 Å². The van der Waals surface area contributed by atoms with Crippen molar-refractivity contribution in [2.75, 3.05) is 5.75 Å². The lowest BCUT2D eigenvalue weighted by molar-refractivity contribution is 0.166. The molecule has 1 aliphatic heterocycles. The van der Waals surface area contributed by atoms with Gasteiger partial charge in [-0.05, 0) is 38.2 Å². The molecule has 80 valence electrons. The van der Waals surface area contributed by atoms with Crippen molar-refractivity contribution in [2.24, 2.45) is 0 Å². The molecule has 0 aromatic carbocycles. The average molecular weight is 216 g/mol. The van der Waals surface area contributed by atoms with Gasteiger partial charge in [0.05, 0.1) is 12.0 Å². The van der Waals surface area contributed by atoms with E-state index in [0.29, 0.717) is 5.75 Å². The summed E-state index contributed by atoms with van der Waals surface area (Å²) in [6.07, 6.45) is 6.32. The summed E-state index contributed by atoms with van der Waals surface area (Å²) in [6.45, 7) is 1.83. The molecule has 1 saturated carbocycles. The van der Waals surface area contributed by atoms with Crippen LogP contribution in [0.4, 0.5) is 0 Å². The first-order chi connectivity index (χ1) is 6.59. The quantitative estimate of drug-likeness (QED) is 0.532. The molecular formula is C10H16O3S. The molecule has 0 bridgehead atoms. The smallest absolute Gasteiger partial charge is 0.159 e. The summed E-state index contributed by atoms with van der Waals surface area (Å²) in [7, 11) is -2.76. The van der Waals surface area contributed by atoms with Gasteiger partial charge < -0.3 is 4.74 Å². The Morgan fingerprint density at radius 2 is 2.00 bits per heavy atom. The van der Waals surface area contributed by atoms with Gasteiger partial charge in [-0.15, -0.1) is 0 Å². The summed E-state index contributed by atoms with van der Waals surface area (Å²) in [6, 6.07) is 0. The Morgan fingerprint density at radius 3 is 2.50 bits per heavy atom. The van der Waals surface area contributed by atoms with Crippen LogP contribution >= 0.6 is 0 Å². The molecule has 14 heavy (non-hydrogen) atoms. The standard InChI is InChI=1S/C10H16O3S/c1-8(10-7-14(10,11)12)13-6-9-4-2-3-5-9/h6,8,10H,2-5,7H2,1H3. The maximum Gasteiger partial charge on any atom is 0.159 e. The van der Waals surface area contributed by atoms with Crippen LogP contribution in [-0.2, 0) is 14.6 Å². The fraction of sp³-hybridized carbons (Fsp3) is 0.800. The fourth-order valence-corrected chi connectivity index (χ4v) is 3.49. The van der Waals surface area contributed by atoms with E-state index in [4.69, 9.17) is 4.74 Å². The maximum absolute atomic E-state index is 11.0. The molecule has 1 heterocycles. The molecule has 0 radical (unpaired) electrons. The summed E-state index contributed by atoms with van der Waals surface area (Å²) in [5.74, 6) is 0.303. The summed E-state index contributed by atoms with van der Waals surface area (Å²) >= 11 is 0. The Balaban J connectivity index is 1.83. The van der Waals surface area contributed by atoms with Gasteiger partial charge in [0, 0.05) is 0 Å². The van der Waals surface area contributed by atoms with E-state index in [0.717, 1.165) is 12.8 Å². The molecule has 0 aromatic rings. The first-order valence-corrected chi connectivity index (χ1v) is 6.86. The minimum Gasteiger partial charge on any atom is -0.497 e. The molecule has 0 aromatic heterocycles. The van der Waals surface area contributed by atoms with Gasteiger partial charge in [0.15, 0.2) is 9.84 Å². The van der Waals surface area contributed by atoms with Crippen LogP contribution in [0.1, 0.15) is 32.6 Å². The number of hydrogen-bond donors (Lipinski definition) is 0. The van der Waals surface area contributed by atoms with E-state index in [1.165, 1.54) is 18.4 Å². The molecule has 2 rings (SSSR count). The Labute approximate surface area is 85.1 Å². The van der Waals surface area contributed by atoms with Crippen LogP contribution in [0, 0.1) is 0 Å². The highest BCUT2D eigenvalue weighted by molar-refractivity contribution is 7.99. The van der Waals surface area contributed by atoms with Crippen molar-refractivity contribution in [1.29, 1.82) is 0 Å². The predicted octanol–water partition coefficient (Wildman–Crippen LogP) is 1.65. The number of allylic oxidation sites excluding steroid dienone is 1. The molecule has 0 spiro atoms. The summed E-state index contributed by atoms with van der Waals surface area (Å²) < 4.78 is 27.5. The van der Waals surface area contributed by atoms with Gasteiger partial charge in [-0.3, -0.25) is 0 Å². The summed E-state index contributed by atoms with van der Waals surface area (Å²) in [5.41, 5.74) is 1.33. The molecular weight excluding hydrogens is 200 g/mol. The minimum atomic E-state index is -2.76. The van der Waals surface area contributed by atoms with E-state index in [-0.39, 0.29) is 11.4 Å². The molecule has 0 amide bonds. The third kappa shape index (κ3) is 2.11. The van der Waals surface area contributed by atoms with Crippen molar-refractivity contribution < 1.29 is 13.2 Å². The van der Waals surface area contributed by atoms with Crippen LogP contribution < -0.4 is 0 Å². The highest BCUT2D eigenvalue weighted by Crippen LogP contribution is 2.28. The van der Waals surface area contributed by atoms with E-state index in [9.17, 15) is 8.42 Å². The van der Waals surface area contributed by atoms with Gasteiger partial charge in [-0.25, -0.2) is 8.42 Å². The molecule has 1 saturated heterocycles. The third-order valence-corrected chi connectivity index (χ3v) is 4.83. The Kier molecular flexibility index (Phi) is 2.56. The zero-order valence-corrected chi connectivity index (χ0v) is 9.22. The van der Waals surface area contributed by atoms with Crippen molar-refractivity contribution in [2.45, 2.75) is 44.0 Å². The molecule has 0 N–H and O–H groups in total. The monoisotopic (exact) mass is 216 g/mol. The van der Waals surface area contributed by atoms with Crippen LogP contribution in [0.3, 0.4) is 0 Å². The van der Waals surface area contributed by atoms with Gasteiger partial charge >= 0.3 is 0 Å². The first-order valence-electron chi connectivity index (χ1n) is 5.14. The van der Waals surface area contributed by atoms with Gasteiger partial charge in [0.1, 0.15) is 11.4 Å². The summed E-state index contributed by atoms with van der Waals surface area (Å²) in [4.78, 5) is 0. The van der Waals surface area contributed by atoms with Crippen LogP contribution in [0.25, 0.3) is 0 Å². The van der Waals surface area contributed by atoms with Crippen LogP contribution in [0.2, 0.25) is 0 Å². The van der Waals surface area contributed by atoms with Gasteiger partial charge in [-0.1, -0.05) is 0 Å². The number of hydrogen-bond acceptors (Lipinski definition) is 3. The first kappa shape index (κ1) is 10.0. The second-order valence-electron chi connectivity index (χ2n) is 4.19. The second-order valence-corrected chi connectivity index (χ2v) is 6.46. The lowest BCUT2D eigenvalue weighted by Crippen LogP contribution is -2.13. The normalized spacial score (nSPS) is 31.2. The lowest BCUT2D eigenvalue weighted by Gasteiger charge is -2.08. The van der Waals surface area contributed by atoms with E-state index in [1.807, 2.05) is 6.92 Å². The predicted molar refractivity (Wildman–Crippen MR) is 54.7 cm³/mol. The number of ether oxygens (including phenoxy) is 1. The maximum atomic E-state index is 11.0. The van der Waals surface area contributed by atoms with Crippen molar-refractivity contribution in [1.82, 2.24) is 0 Å². The van der Waals surface area contributed by atoms with Crippen molar-refractivity contribution in [3.05, 3.63) is 11.8 Å². The van der Waals surface area contributed by atoms with E-state index >= 15 is 0 Å². The number of rotatable bonds is 3. The van der Waals surface area contributed by atoms with Gasteiger partial charge in [0.25, 0.3) is 0 Å². The van der Waals surface area contributed by atoms with Crippen LogP contribution in [0.15, 0.2) is 11.8 Å². The minimum absolute atomic E-state index is 0.173. The Hall–Kier alpha value is -0.510. The molecule has 2 fully saturated rings. The highest BCUT2D eigenvalue weighted by atomic mass is 32.2. The lowest BCUT2D eigenvalue weighted by atomic mass is 10.2. The van der Waals surface area contributed by atoms with Gasteiger partial charge in [-0.2, -0.15) is 0 Å². The zero-order valence-electron chi connectivity index (χ0n) is 8.40. The molecule has 2 aliphatic rings. The average Bonchev–Trinajstić information content (AvgIpc) is 2.61. The second kappa shape index (κ2) is 3.57. The topological polar surface area (TPSA) is 43.4 Å². The third-order valence-electron chi connectivity index (χ3n) is 2.96. The van der Waals surface area contributed by atoms with E-state index < -0.39 is 9.84 Å². The largest absolute Gasteiger partial charge is 0.497 e. The fourth-order valence-electron chi connectivity index (χ4n) is 1.86. The van der Waals surface area contributed by atoms with E-state index in [2.05, 4.69) is 0 Å². The van der Waals surface area contributed by atoms with Crippen molar-refractivity contribution in [3.8, 4) is 0 Å². The number of sulfone groups is 1. The molecule has 1 aliphatic carbocycles. The van der Waals surface area contributed by atoms with Crippen LogP contribution in [0.5, 0.6) is 0 Å².